The van der Waals surface area contributed by atoms with Gasteiger partial charge >= 0.3 is 0 Å². The molecule has 0 radical (unpaired) electrons. The zero-order chi connectivity index (χ0) is 14.9. The maximum absolute atomic E-state index is 6.36. The summed E-state index contributed by atoms with van der Waals surface area (Å²) in [5, 5.41) is 4.30. The molecular weight excluding hydrogens is 280 g/mol. The van der Waals surface area contributed by atoms with Crippen LogP contribution in [0, 0.1) is 6.92 Å². The average molecular weight is 300 g/mol. The van der Waals surface area contributed by atoms with E-state index in [-0.39, 0.29) is 5.54 Å². The second kappa shape index (κ2) is 5.58. The number of benzene rings is 1. The molecule has 0 aliphatic heterocycles. The van der Waals surface area contributed by atoms with E-state index in [0.29, 0.717) is 6.67 Å². The van der Waals surface area contributed by atoms with Gasteiger partial charge < -0.3 is 11.1 Å². The highest BCUT2D eigenvalue weighted by molar-refractivity contribution is 7.15. The summed E-state index contributed by atoms with van der Waals surface area (Å²) in [4.78, 5) is 9.55. The number of rotatable bonds is 5. The maximum Gasteiger partial charge on any atom is 0.113 e. The summed E-state index contributed by atoms with van der Waals surface area (Å²) in [5.74, 6) is 0. The van der Waals surface area contributed by atoms with Crippen molar-refractivity contribution >= 4 is 23.7 Å². The highest BCUT2D eigenvalue weighted by atomic mass is 32.1. The van der Waals surface area contributed by atoms with E-state index in [9.17, 15) is 0 Å². The van der Waals surface area contributed by atoms with E-state index in [0.717, 1.165) is 23.5 Å². The van der Waals surface area contributed by atoms with Crippen LogP contribution in [0.25, 0.3) is 10.4 Å². The zero-order valence-electron chi connectivity index (χ0n) is 12.2. The van der Waals surface area contributed by atoms with Crippen molar-refractivity contribution in [1.82, 2.24) is 4.98 Å². The molecule has 3 rings (SSSR count). The van der Waals surface area contributed by atoms with Crippen molar-refractivity contribution in [1.29, 1.82) is 0 Å². The number of nitrogens with zero attached hydrogens (tertiary/aromatic N) is 2. The van der Waals surface area contributed by atoms with Gasteiger partial charge in [-0.3, -0.25) is 4.99 Å². The molecule has 1 aliphatic carbocycles. The van der Waals surface area contributed by atoms with Crippen LogP contribution in [0.5, 0.6) is 0 Å². The number of nitrogens with one attached hydrogen (secondary N) is 1. The van der Waals surface area contributed by atoms with Crippen molar-refractivity contribution in [3.05, 3.63) is 35.0 Å². The van der Waals surface area contributed by atoms with Crippen molar-refractivity contribution in [2.24, 2.45) is 10.7 Å². The molecule has 0 bridgehead atoms. The third-order valence-corrected chi connectivity index (χ3v) is 5.20. The lowest BCUT2D eigenvalue weighted by Gasteiger charge is -2.35. The van der Waals surface area contributed by atoms with Gasteiger partial charge in [-0.2, -0.15) is 0 Å². The van der Waals surface area contributed by atoms with Crippen LogP contribution < -0.4 is 11.1 Å². The van der Waals surface area contributed by atoms with E-state index in [2.05, 4.69) is 47.1 Å². The number of hydrogen-bond donors (Lipinski definition) is 2. The zero-order valence-corrected chi connectivity index (χ0v) is 13.0. The van der Waals surface area contributed by atoms with Gasteiger partial charge in [0, 0.05) is 11.9 Å². The van der Waals surface area contributed by atoms with Gasteiger partial charge in [-0.05, 0) is 56.2 Å². The summed E-state index contributed by atoms with van der Waals surface area (Å²) in [5.41, 5.74) is 9.61. The molecule has 4 nitrogen and oxygen atoms in total. The third-order valence-electron chi connectivity index (χ3n) is 3.93. The summed E-state index contributed by atoms with van der Waals surface area (Å²) < 4.78 is 0. The first kappa shape index (κ1) is 14.2. The van der Waals surface area contributed by atoms with Crippen molar-refractivity contribution in [2.75, 3.05) is 12.0 Å². The van der Waals surface area contributed by atoms with Crippen LogP contribution in [0.4, 0.5) is 5.69 Å². The van der Waals surface area contributed by atoms with E-state index in [1.807, 2.05) is 6.20 Å². The smallest absolute Gasteiger partial charge is 0.113 e. The first-order chi connectivity index (χ1) is 10.1. The number of hydrogen-bond acceptors (Lipinski definition) is 5. The van der Waals surface area contributed by atoms with Gasteiger partial charge in [0.1, 0.15) is 11.7 Å². The molecule has 21 heavy (non-hydrogen) atoms. The average Bonchev–Trinajstić information content (AvgIpc) is 2.92. The molecule has 5 heteroatoms. The van der Waals surface area contributed by atoms with Gasteiger partial charge in [0.2, 0.25) is 0 Å². The minimum atomic E-state index is -0.180. The lowest BCUT2D eigenvalue weighted by Crippen LogP contribution is -2.43. The van der Waals surface area contributed by atoms with Crippen molar-refractivity contribution in [3.8, 4) is 10.4 Å². The summed E-state index contributed by atoms with van der Waals surface area (Å²) in [6.45, 7) is 6.10. The van der Waals surface area contributed by atoms with Crippen molar-refractivity contribution in [2.45, 2.75) is 31.7 Å². The molecule has 1 fully saturated rings. The SMILES string of the molecule is C=NCNc1cc(C)cc(-c2cnc(C3(N)CCC3)s2)c1. The standard InChI is InChI=1S/C16H20N4S/c1-11-6-12(8-13(7-11)20-10-18-2)14-9-19-15(21-14)16(17)4-3-5-16/h6-9,20H,2-5,10,17H2,1H3. The fraction of sp³-hybridized carbons (Fsp3) is 0.375. The molecule has 0 amide bonds. The van der Waals surface area contributed by atoms with E-state index in [1.54, 1.807) is 11.3 Å². The minimum absolute atomic E-state index is 0.180. The van der Waals surface area contributed by atoms with E-state index < -0.39 is 0 Å². The summed E-state index contributed by atoms with van der Waals surface area (Å²) in [6.07, 6.45) is 5.24. The van der Waals surface area contributed by atoms with E-state index in [4.69, 9.17) is 5.73 Å². The summed E-state index contributed by atoms with van der Waals surface area (Å²) in [7, 11) is 0. The Bertz CT molecular complexity index is 658. The molecular formula is C16H20N4S. The molecule has 1 aliphatic rings. The first-order valence-corrected chi connectivity index (χ1v) is 7.96. The summed E-state index contributed by atoms with van der Waals surface area (Å²) >= 11 is 1.71. The van der Waals surface area contributed by atoms with Gasteiger partial charge in [-0.25, -0.2) is 4.98 Å². The van der Waals surface area contributed by atoms with Gasteiger partial charge in [0.05, 0.1) is 10.4 Å². The molecule has 110 valence electrons. The lowest BCUT2D eigenvalue weighted by molar-refractivity contribution is 0.253. The Morgan fingerprint density at radius 1 is 1.43 bits per heavy atom. The van der Waals surface area contributed by atoms with Gasteiger partial charge in [-0.1, -0.05) is 6.07 Å². The van der Waals surface area contributed by atoms with Crippen molar-refractivity contribution < 1.29 is 0 Å². The molecule has 1 aromatic carbocycles. The van der Waals surface area contributed by atoms with Crippen molar-refractivity contribution in [3.63, 3.8) is 0 Å². The number of thiazole rings is 1. The Balaban J connectivity index is 1.89. The Morgan fingerprint density at radius 3 is 2.90 bits per heavy atom. The Labute approximate surface area is 129 Å². The second-order valence-corrected chi connectivity index (χ2v) is 6.72. The number of aryl methyl sites for hydroxylation is 1. The topological polar surface area (TPSA) is 63.3 Å². The minimum Gasteiger partial charge on any atom is -0.366 e. The fourth-order valence-corrected chi connectivity index (χ4v) is 3.65. The largest absolute Gasteiger partial charge is 0.366 e. The number of nitrogens with two attached hydrogens (primary N) is 1. The van der Waals surface area contributed by atoms with E-state index >= 15 is 0 Å². The monoisotopic (exact) mass is 300 g/mol. The Morgan fingerprint density at radius 2 is 2.24 bits per heavy atom. The van der Waals surface area contributed by atoms with Crippen LogP contribution in [-0.2, 0) is 5.54 Å². The van der Waals surface area contributed by atoms with Crippen LogP contribution in [-0.4, -0.2) is 18.4 Å². The molecule has 0 spiro atoms. The molecule has 3 N–H and O–H groups in total. The number of aromatic nitrogens is 1. The molecule has 1 aromatic heterocycles. The van der Waals surface area contributed by atoms with E-state index in [1.165, 1.54) is 22.4 Å². The van der Waals surface area contributed by atoms with Crippen LogP contribution in [0.15, 0.2) is 29.4 Å². The lowest BCUT2D eigenvalue weighted by atomic mass is 9.78. The molecule has 1 saturated carbocycles. The van der Waals surface area contributed by atoms with Gasteiger partial charge in [0.25, 0.3) is 0 Å². The molecule has 0 saturated heterocycles. The van der Waals surface area contributed by atoms with Gasteiger partial charge in [-0.15, -0.1) is 11.3 Å². The van der Waals surface area contributed by atoms with Crippen LogP contribution in [0.1, 0.15) is 29.8 Å². The molecule has 0 atom stereocenters. The van der Waals surface area contributed by atoms with Crippen LogP contribution >= 0.6 is 11.3 Å². The highest BCUT2D eigenvalue weighted by Gasteiger charge is 2.37. The predicted octanol–water partition coefficient (Wildman–Crippen LogP) is 3.53. The van der Waals surface area contributed by atoms with Crippen LogP contribution in [0.2, 0.25) is 0 Å². The third kappa shape index (κ3) is 2.84. The van der Waals surface area contributed by atoms with Gasteiger partial charge in [0.15, 0.2) is 0 Å². The second-order valence-electron chi connectivity index (χ2n) is 5.69. The maximum atomic E-state index is 6.36. The Hall–Kier alpha value is -1.72. The predicted molar refractivity (Wildman–Crippen MR) is 90.0 cm³/mol. The quantitative estimate of drug-likeness (QED) is 0.830. The summed E-state index contributed by atoms with van der Waals surface area (Å²) in [6, 6.07) is 6.40. The number of anilines is 1. The highest BCUT2D eigenvalue weighted by Crippen LogP contribution is 2.42. The first-order valence-electron chi connectivity index (χ1n) is 7.14. The molecule has 0 unspecified atom stereocenters. The molecule has 1 heterocycles. The number of aliphatic imine (C=N–C) groups is 1. The molecule has 2 aromatic rings. The fourth-order valence-electron chi connectivity index (χ4n) is 2.58. The van der Waals surface area contributed by atoms with Crippen LogP contribution in [0.3, 0.4) is 0 Å². The Kier molecular flexibility index (Phi) is 3.78. The normalized spacial score (nSPS) is 16.3.